The van der Waals surface area contributed by atoms with Crippen molar-refractivity contribution in [3.05, 3.63) is 48.0 Å². The number of esters is 1. The summed E-state index contributed by atoms with van der Waals surface area (Å²) in [5, 5.41) is 0. The number of nitrogens with one attached hydrogen (secondary N) is 1. The highest BCUT2D eigenvalue weighted by molar-refractivity contribution is 7.92. The average Bonchev–Trinajstić information content (AvgIpc) is 2.79. The van der Waals surface area contributed by atoms with Crippen LogP contribution in [0.5, 0.6) is 5.75 Å². The van der Waals surface area contributed by atoms with E-state index < -0.39 is 26.0 Å². The number of piperidine rings is 1. The van der Waals surface area contributed by atoms with Crippen molar-refractivity contribution >= 4 is 31.7 Å². The number of sulfonamides is 2. The maximum atomic E-state index is 13.1. The highest BCUT2D eigenvalue weighted by Gasteiger charge is 2.29. The zero-order valence-electron chi connectivity index (χ0n) is 17.2. The molecule has 2 aromatic carbocycles. The highest BCUT2D eigenvalue weighted by Crippen LogP contribution is 2.32. The lowest BCUT2D eigenvalue weighted by molar-refractivity contribution is 0.0600. The summed E-state index contributed by atoms with van der Waals surface area (Å²) in [4.78, 5) is 11.4. The van der Waals surface area contributed by atoms with E-state index >= 15 is 0 Å². The second-order valence-corrected chi connectivity index (χ2v) is 10.5. The molecule has 0 aliphatic carbocycles. The van der Waals surface area contributed by atoms with Gasteiger partial charge in [-0.05, 0) is 49.2 Å². The van der Waals surface area contributed by atoms with Crippen molar-refractivity contribution in [1.82, 2.24) is 4.31 Å². The number of methoxy groups -OCH3 is 2. The average molecular weight is 469 g/mol. The molecule has 0 amide bonds. The number of hydrogen-bond donors (Lipinski definition) is 1. The lowest BCUT2D eigenvalue weighted by Gasteiger charge is -2.26. The van der Waals surface area contributed by atoms with Gasteiger partial charge in [-0.1, -0.05) is 12.5 Å². The Kier molecular flexibility index (Phi) is 6.87. The molecule has 0 spiro atoms. The van der Waals surface area contributed by atoms with Gasteiger partial charge in [-0.3, -0.25) is 4.72 Å². The topological polar surface area (TPSA) is 119 Å². The predicted molar refractivity (Wildman–Crippen MR) is 114 cm³/mol. The third-order valence-electron chi connectivity index (χ3n) is 4.91. The molecule has 1 aliphatic heterocycles. The monoisotopic (exact) mass is 468 g/mol. The smallest absolute Gasteiger partial charge is 0.337 e. The molecule has 3 rings (SSSR count). The third kappa shape index (κ3) is 5.00. The van der Waals surface area contributed by atoms with E-state index in [1.54, 1.807) is 0 Å². The van der Waals surface area contributed by atoms with Crippen molar-refractivity contribution in [2.45, 2.75) is 29.1 Å². The Balaban J connectivity index is 1.95. The Morgan fingerprint density at radius 3 is 2.32 bits per heavy atom. The van der Waals surface area contributed by atoms with Gasteiger partial charge in [-0.25, -0.2) is 21.6 Å². The number of benzene rings is 2. The molecule has 11 heteroatoms. The van der Waals surface area contributed by atoms with Crippen molar-refractivity contribution in [1.29, 1.82) is 0 Å². The number of rotatable bonds is 7. The van der Waals surface area contributed by atoms with E-state index in [2.05, 4.69) is 9.46 Å². The molecular weight excluding hydrogens is 444 g/mol. The van der Waals surface area contributed by atoms with E-state index in [4.69, 9.17) is 4.74 Å². The summed E-state index contributed by atoms with van der Waals surface area (Å²) in [6.45, 7) is 0.809. The summed E-state index contributed by atoms with van der Waals surface area (Å²) in [6, 6.07) is 9.41. The molecule has 168 valence electrons. The van der Waals surface area contributed by atoms with Crippen LogP contribution in [0.1, 0.15) is 29.6 Å². The van der Waals surface area contributed by atoms with E-state index in [9.17, 15) is 21.6 Å². The minimum atomic E-state index is -4.09. The quantitative estimate of drug-likeness (QED) is 0.620. The second kappa shape index (κ2) is 9.25. The summed E-state index contributed by atoms with van der Waals surface area (Å²) < 4.78 is 65.5. The first-order chi connectivity index (χ1) is 14.7. The van der Waals surface area contributed by atoms with Gasteiger partial charge < -0.3 is 9.47 Å². The molecule has 1 N–H and O–H groups in total. The molecule has 0 bridgehead atoms. The number of anilines is 1. The van der Waals surface area contributed by atoms with E-state index in [1.807, 2.05) is 0 Å². The number of nitrogens with zero attached hydrogens (tertiary/aromatic N) is 1. The van der Waals surface area contributed by atoms with Gasteiger partial charge in [0.25, 0.3) is 10.0 Å². The van der Waals surface area contributed by atoms with Crippen molar-refractivity contribution in [2.24, 2.45) is 0 Å². The van der Waals surface area contributed by atoms with Gasteiger partial charge in [0.2, 0.25) is 10.0 Å². The van der Waals surface area contributed by atoms with E-state index in [0.29, 0.717) is 13.1 Å². The molecule has 1 aliphatic rings. The van der Waals surface area contributed by atoms with Gasteiger partial charge in [0, 0.05) is 13.1 Å². The normalized spacial score (nSPS) is 15.3. The Hall–Kier alpha value is -2.63. The number of ether oxygens (including phenoxy) is 2. The lowest BCUT2D eigenvalue weighted by atomic mass is 10.2. The van der Waals surface area contributed by atoms with E-state index in [1.165, 1.54) is 61.0 Å². The molecule has 1 saturated heterocycles. The molecule has 0 radical (unpaired) electrons. The standard InChI is InChI=1S/C20H24N2O7S2/c1-28-18-10-9-16(14-19(18)31(26,27)22-11-4-3-5-12-22)21-30(24,25)17-8-6-7-15(13-17)20(23)29-2/h6-10,13-14,21H,3-5,11-12H2,1-2H3. The summed E-state index contributed by atoms with van der Waals surface area (Å²) in [7, 11) is -5.40. The number of carbonyl (C=O) groups excluding carboxylic acids is 1. The van der Waals surface area contributed by atoms with Gasteiger partial charge in [0.05, 0.1) is 30.4 Å². The van der Waals surface area contributed by atoms with Crippen molar-refractivity contribution in [2.75, 3.05) is 32.0 Å². The fraction of sp³-hybridized carbons (Fsp3) is 0.350. The first-order valence-corrected chi connectivity index (χ1v) is 12.5. The zero-order valence-corrected chi connectivity index (χ0v) is 18.8. The van der Waals surface area contributed by atoms with Crippen LogP contribution in [0.25, 0.3) is 0 Å². The lowest BCUT2D eigenvalue weighted by Crippen LogP contribution is -2.35. The van der Waals surface area contributed by atoms with Crippen LogP contribution < -0.4 is 9.46 Å². The van der Waals surface area contributed by atoms with Crippen LogP contribution in [-0.2, 0) is 24.8 Å². The number of hydrogen-bond acceptors (Lipinski definition) is 7. The van der Waals surface area contributed by atoms with E-state index in [-0.39, 0.29) is 26.8 Å². The van der Waals surface area contributed by atoms with Crippen LogP contribution in [0, 0.1) is 0 Å². The van der Waals surface area contributed by atoms with Gasteiger partial charge in [-0.15, -0.1) is 0 Å². The molecule has 1 fully saturated rings. The molecule has 2 aromatic rings. The first kappa shape index (κ1) is 23.0. The molecule has 1 heterocycles. The molecule has 0 saturated carbocycles. The van der Waals surface area contributed by atoms with Crippen molar-refractivity contribution < 1.29 is 31.1 Å². The van der Waals surface area contributed by atoms with Crippen LogP contribution in [0.2, 0.25) is 0 Å². The zero-order chi connectivity index (χ0) is 22.6. The summed E-state index contributed by atoms with van der Waals surface area (Å²) in [5.41, 5.74) is 0.133. The minimum Gasteiger partial charge on any atom is -0.495 e. The maximum absolute atomic E-state index is 13.1. The fourth-order valence-electron chi connectivity index (χ4n) is 3.31. The molecule has 9 nitrogen and oxygen atoms in total. The minimum absolute atomic E-state index is 0.0554. The van der Waals surface area contributed by atoms with Crippen molar-refractivity contribution in [3.63, 3.8) is 0 Å². The molecule has 31 heavy (non-hydrogen) atoms. The first-order valence-electron chi connectivity index (χ1n) is 9.58. The maximum Gasteiger partial charge on any atom is 0.337 e. The summed E-state index contributed by atoms with van der Waals surface area (Å²) >= 11 is 0. The Morgan fingerprint density at radius 1 is 0.968 bits per heavy atom. The summed E-state index contributed by atoms with van der Waals surface area (Å²) in [6.07, 6.45) is 2.50. The van der Waals surface area contributed by atoms with Crippen LogP contribution in [0.15, 0.2) is 52.3 Å². The van der Waals surface area contributed by atoms with Crippen LogP contribution in [-0.4, -0.2) is 54.4 Å². The van der Waals surface area contributed by atoms with Gasteiger partial charge in [-0.2, -0.15) is 4.31 Å². The Morgan fingerprint density at radius 2 is 1.68 bits per heavy atom. The fourth-order valence-corrected chi connectivity index (χ4v) is 6.10. The van der Waals surface area contributed by atoms with Crippen LogP contribution in [0.4, 0.5) is 5.69 Å². The van der Waals surface area contributed by atoms with Crippen LogP contribution >= 0.6 is 0 Å². The van der Waals surface area contributed by atoms with Crippen LogP contribution in [0.3, 0.4) is 0 Å². The van der Waals surface area contributed by atoms with E-state index in [0.717, 1.165) is 19.3 Å². The SMILES string of the molecule is COC(=O)c1cccc(S(=O)(=O)Nc2ccc(OC)c(S(=O)(=O)N3CCCCC3)c2)c1. The molecular formula is C20H24N2O7S2. The number of carbonyl (C=O) groups is 1. The molecule has 0 aromatic heterocycles. The molecule has 0 unspecified atom stereocenters. The highest BCUT2D eigenvalue weighted by atomic mass is 32.2. The Bertz CT molecular complexity index is 1170. The molecule has 0 atom stereocenters. The largest absolute Gasteiger partial charge is 0.495 e. The third-order valence-corrected chi connectivity index (χ3v) is 8.21. The van der Waals surface area contributed by atoms with Gasteiger partial charge >= 0.3 is 5.97 Å². The van der Waals surface area contributed by atoms with Crippen molar-refractivity contribution in [3.8, 4) is 5.75 Å². The second-order valence-electron chi connectivity index (χ2n) is 6.96. The predicted octanol–water partition coefficient (Wildman–Crippen LogP) is 2.46. The Labute approximate surface area is 182 Å². The summed E-state index contributed by atoms with van der Waals surface area (Å²) in [5.74, 6) is -0.544. The van der Waals surface area contributed by atoms with Gasteiger partial charge in [0.15, 0.2) is 0 Å². The van der Waals surface area contributed by atoms with Gasteiger partial charge in [0.1, 0.15) is 10.6 Å².